The Balaban J connectivity index is 1.94. The Morgan fingerprint density at radius 3 is 2.71 bits per heavy atom. The van der Waals surface area contributed by atoms with Gasteiger partial charge in [-0.15, -0.1) is 11.3 Å². The Kier molecular flexibility index (Phi) is 3.98. The standard InChI is InChI=1S/C15H17N3O2S/c1-10-7-18(8-11(2)20-10)14-6-17-13(5-12(14)9-19)15-16-3-4-21-15/h3-6,9-11H,7-8H2,1-2H3. The summed E-state index contributed by atoms with van der Waals surface area (Å²) in [5.41, 5.74) is 2.26. The van der Waals surface area contributed by atoms with Gasteiger partial charge in [0.25, 0.3) is 0 Å². The molecule has 1 aliphatic heterocycles. The number of hydrogen-bond acceptors (Lipinski definition) is 6. The van der Waals surface area contributed by atoms with E-state index in [0.717, 1.165) is 35.8 Å². The number of ether oxygens (including phenoxy) is 1. The lowest BCUT2D eigenvalue weighted by molar-refractivity contribution is -0.00527. The average Bonchev–Trinajstić information content (AvgIpc) is 2.99. The first kappa shape index (κ1) is 14.2. The molecule has 0 N–H and O–H groups in total. The fourth-order valence-corrected chi connectivity index (χ4v) is 3.27. The molecule has 21 heavy (non-hydrogen) atoms. The highest BCUT2D eigenvalue weighted by Gasteiger charge is 2.24. The van der Waals surface area contributed by atoms with Crippen molar-refractivity contribution in [2.45, 2.75) is 26.1 Å². The zero-order valence-corrected chi connectivity index (χ0v) is 12.8. The van der Waals surface area contributed by atoms with Crippen molar-refractivity contribution < 1.29 is 9.53 Å². The first-order chi connectivity index (χ1) is 10.2. The molecule has 0 aliphatic carbocycles. The highest BCUT2D eigenvalue weighted by molar-refractivity contribution is 7.13. The normalized spacial score (nSPS) is 22.3. The Bertz CT molecular complexity index is 620. The lowest BCUT2D eigenvalue weighted by Gasteiger charge is -2.37. The van der Waals surface area contributed by atoms with Gasteiger partial charge in [0.05, 0.1) is 29.8 Å². The summed E-state index contributed by atoms with van der Waals surface area (Å²) in [6.07, 6.45) is 4.69. The molecule has 0 saturated carbocycles. The van der Waals surface area contributed by atoms with Crippen LogP contribution in [0.15, 0.2) is 23.8 Å². The number of carbonyl (C=O) groups is 1. The van der Waals surface area contributed by atoms with Crippen molar-refractivity contribution in [3.8, 4) is 10.7 Å². The van der Waals surface area contributed by atoms with Crippen LogP contribution in [0, 0.1) is 0 Å². The van der Waals surface area contributed by atoms with E-state index in [1.807, 2.05) is 25.3 Å². The number of aromatic nitrogens is 2. The van der Waals surface area contributed by atoms with Crippen LogP contribution in [0.5, 0.6) is 0 Å². The van der Waals surface area contributed by atoms with E-state index in [4.69, 9.17) is 4.74 Å². The van der Waals surface area contributed by atoms with Gasteiger partial charge < -0.3 is 9.64 Å². The number of thiazole rings is 1. The third-order valence-electron chi connectivity index (χ3n) is 3.45. The zero-order valence-electron chi connectivity index (χ0n) is 12.0. The number of nitrogens with zero attached hydrogens (tertiary/aromatic N) is 3. The lowest BCUT2D eigenvalue weighted by atomic mass is 10.1. The van der Waals surface area contributed by atoms with E-state index in [0.29, 0.717) is 5.56 Å². The van der Waals surface area contributed by atoms with Gasteiger partial charge in [0.2, 0.25) is 0 Å². The van der Waals surface area contributed by atoms with E-state index in [1.54, 1.807) is 12.4 Å². The molecule has 110 valence electrons. The number of pyridine rings is 1. The first-order valence-electron chi connectivity index (χ1n) is 6.93. The molecule has 5 nitrogen and oxygen atoms in total. The van der Waals surface area contributed by atoms with Crippen LogP contribution in [-0.4, -0.2) is 41.6 Å². The zero-order chi connectivity index (χ0) is 14.8. The summed E-state index contributed by atoms with van der Waals surface area (Å²) < 4.78 is 5.74. The minimum atomic E-state index is 0.145. The van der Waals surface area contributed by atoms with Gasteiger partial charge in [-0.3, -0.25) is 9.78 Å². The number of anilines is 1. The second kappa shape index (κ2) is 5.91. The first-order valence-corrected chi connectivity index (χ1v) is 7.81. The van der Waals surface area contributed by atoms with Crippen molar-refractivity contribution in [1.29, 1.82) is 0 Å². The predicted molar refractivity (Wildman–Crippen MR) is 83.0 cm³/mol. The quantitative estimate of drug-likeness (QED) is 0.816. The van der Waals surface area contributed by atoms with Gasteiger partial charge in [-0.05, 0) is 19.9 Å². The summed E-state index contributed by atoms with van der Waals surface area (Å²) in [6, 6.07) is 1.81. The summed E-state index contributed by atoms with van der Waals surface area (Å²) in [6.45, 7) is 5.62. The molecule has 1 saturated heterocycles. The maximum Gasteiger partial charge on any atom is 0.152 e. The average molecular weight is 303 g/mol. The van der Waals surface area contributed by atoms with Gasteiger partial charge in [-0.25, -0.2) is 4.98 Å². The molecule has 2 aromatic rings. The second-order valence-corrected chi connectivity index (χ2v) is 6.14. The molecule has 2 atom stereocenters. The molecule has 0 aromatic carbocycles. The maximum absolute atomic E-state index is 11.5. The molecule has 0 bridgehead atoms. The van der Waals surface area contributed by atoms with Gasteiger partial charge in [0.15, 0.2) is 6.29 Å². The molecule has 1 fully saturated rings. The van der Waals surface area contributed by atoms with Crippen molar-refractivity contribution in [2.75, 3.05) is 18.0 Å². The molecule has 0 spiro atoms. The van der Waals surface area contributed by atoms with E-state index < -0.39 is 0 Å². The van der Waals surface area contributed by atoms with E-state index in [9.17, 15) is 4.79 Å². The van der Waals surface area contributed by atoms with Crippen molar-refractivity contribution in [3.05, 3.63) is 29.4 Å². The Morgan fingerprint density at radius 2 is 2.10 bits per heavy atom. The van der Waals surface area contributed by atoms with Gasteiger partial charge in [0.1, 0.15) is 5.01 Å². The summed E-state index contributed by atoms with van der Waals surface area (Å²) in [7, 11) is 0. The fourth-order valence-electron chi connectivity index (χ4n) is 2.66. The molecular weight excluding hydrogens is 286 g/mol. The molecule has 0 amide bonds. The van der Waals surface area contributed by atoms with Crippen LogP contribution < -0.4 is 4.90 Å². The molecule has 3 heterocycles. The highest BCUT2D eigenvalue weighted by Crippen LogP contribution is 2.27. The third-order valence-corrected chi connectivity index (χ3v) is 4.25. The largest absolute Gasteiger partial charge is 0.372 e. The molecular formula is C15H17N3O2S. The van der Waals surface area contributed by atoms with E-state index in [-0.39, 0.29) is 12.2 Å². The molecule has 3 rings (SSSR count). The van der Waals surface area contributed by atoms with Crippen LogP contribution in [0.3, 0.4) is 0 Å². The molecule has 1 aliphatic rings. The number of aldehydes is 1. The Labute approximate surface area is 127 Å². The van der Waals surface area contributed by atoms with E-state index >= 15 is 0 Å². The Morgan fingerprint density at radius 1 is 1.33 bits per heavy atom. The summed E-state index contributed by atoms with van der Waals surface area (Å²) in [5, 5.41) is 2.73. The minimum absolute atomic E-state index is 0.145. The third kappa shape index (κ3) is 2.96. The van der Waals surface area contributed by atoms with Crippen molar-refractivity contribution in [3.63, 3.8) is 0 Å². The number of morpholine rings is 1. The van der Waals surface area contributed by atoms with Crippen LogP contribution in [0.4, 0.5) is 5.69 Å². The van der Waals surface area contributed by atoms with Crippen molar-refractivity contribution in [2.24, 2.45) is 0 Å². The SMILES string of the molecule is CC1CN(c2cnc(-c3nccs3)cc2C=O)CC(C)O1. The monoisotopic (exact) mass is 303 g/mol. The van der Waals surface area contributed by atoms with Gasteiger partial charge in [0, 0.05) is 30.2 Å². The maximum atomic E-state index is 11.5. The predicted octanol–water partition coefficient (Wildman–Crippen LogP) is 2.63. The second-order valence-electron chi connectivity index (χ2n) is 5.25. The molecule has 0 radical (unpaired) electrons. The minimum Gasteiger partial charge on any atom is -0.372 e. The summed E-state index contributed by atoms with van der Waals surface area (Å²) in [5.74, 6) is 0. The number of carbonyl (C=O) groups excluding carboxylic acids is 1. The molecule has 2 aromatic heterocycles. The van der Waals surface area contributed by atoms with E-state index in [1.165, 1.54) is 11.3 Å². The number of rotatable bonds is 3. The molecule has 2 unspecified atom stereocenters. The smallest absolute Gasteiger partial charge is 0.152 e. The highest BCUT2D eigenvalue weighted by atomic mass is 32.1. The van der Waals surface area contributed by atoms with Crippen LogP contribution in [0.2, 0.25) is 0 Å². The molecule has 6 heteroatoms. The van der Waals surface area contributed by atoms with Crippen molar-refractivity contribution in [1.82, 2.24) is 9.97 Å². The van der Waals surface area contributed by atoms with Crippen LogP contribution in [0.25, 0.3) is 10.7 Å². The summed E-state index contributed by atoms with van der Waals surface area (Å²) in [4.78, 5) is 22.3. The number of hydrogen-bond donors (Lipinski definition) is 0. The van der Waals surface area contributed by atoms with Crippen LogP contribution in [-0.2, 0) is 4.74 Å². The summed E-state index contributed by atoms with van der Waals surface area (Å²) >= 11 is 1.51. The van der Waals surface area contributed by atoms with Gasteiger partial charge in [-0.1, -0.05) is 0 Å². The van der Waals surface area contributed by atoms with Crippen LogP contribution >= 0.6 is 11.3 Å². The van der Waals surface area contributed by atoms with Crippen molar-refractivity contribution >= 4 is 23.3 Å². The van der Waals surface area contributed by atoms with E-state index in [2.05, 4.69) is 14.9 Å². The van der Waals surface area contributed by atoms with Gasteiger partial charge >= 0.3 is 0 Å². The van der Waals surface area contributed by atoms with Gasteiger partial charge in [-0.2, -0.15) is 0 Å². The lowest BCUT2D eigenvalue weighted by Crippen LogP contribution is -2.45. The fraction of sp³-hybridized carbons (Fsp3) is 0.400. The van der Waals surface area contributed by atoms with Crippen LogP contribution in [0.1, 0.15) is 24.2 Å². The Hall–Kier alpha value is -1.79. The topological polar surface area (TPSA) is 55.3 Å².